The molecule has 3 nitrogen and oxygen atoms in total. The fourth-order valence-corrected chi connectivity index (χ4v) is 0.778. The van der Waals surface area contributed by atoms with Crippen molar-refractivity contribution < 1.29 is 13.2 Å². The molecule has 1 aromatic rings. The van der Waals surface area contributed by atoms with Gasteiger partial charge in [0.2, 0.25) is 5.95 Å². The number of hydrogen-bond donors (Lipinski definition) is 1. The lowest BCUT2D eigenvalue weighted by molar-refractivity contribution is -0.141. The standard InChI is InChI=1S/C5H3ClF3N3/c6-2-1-11-4(10)12-3(2)5(7,8)9/h1H,(H2,10,11,12). The minimum atomic E-state index is -4.59. The van der Waals surface area contributed by atoms with E-state index < -0.39 is 22.8 Å². The highest BCUT2D eigenvalue weighted by Crippen LogP contribution is 2.32. The Kier molecular flexibility index (Phi) is 2.10. The fourth-order valence-electron chi connectivity index (χ4n) is 0.580. The third-order valence-corrected chi connectivity index (χ3v) is 1.31. The summed E-state index contributed by atoms with van der Waals surface area (Å²) in [7, 11) is 0. The highest BCUT2D eigenvalue weighted by atomic mass is 35.5. The molecule has 12 heavy (non-hydrogen) atoms. The normalized spacial score (nSPS) is 11.7. The number of anilines is 1. The lowest BCUT2D eigenvalue weighted by atomic mass is 10.4. The zero-order valence-electron chi connectivity index (χ0n) is 5.56. The maximum Gasteiger partial charge on any atom is 0.435 e. The molecule has 0 spiro atoms. The lowest BCUT2D eigenvalue weighted by Gasteiger charge is -2.06. The number of nitrogens with zero attached hydrogens (tertiary/aromatic N) is 2. The molecule has 0 aliphatic heterocycles. The molecular weight excluding hydrogens is 195 g/mol. The molecule has 0 radical (unpaired) electrons. The zero-order valence-corrected chi connectivity index (χ0v) is 6.32. The molecule has 0 unspecified atom stereocenters. The van der Waals surface area contributed by atoms with E-state index in [9.17, 15) is 13.2 Å². The van der Waals surface area contributed by atoms with Gasteiger partial charge < -0.3 is 5.73 Å². The van der Waals surface area contributed by atoms with Crippen LogP contribution in [0.5, 0.6) is 0 Å². The molecule has 0 saturated carbocycles. The maximum absolute atomic E-state index is 12.0. The van der Waals surface area contributed by atoms with E-state index in [2.05, 4.69) is 9.97 Å². The Labute approximate surface area is 70.4 Å². The number of hydrogen-bond acceptors (Lipinski definition) is 3. The number of alkyl halides is 3. The summed E-state index contributed by atoms with van der Waals surface area (Å²) in [5.41, 5.74) is 3.73. The second-order valence-corrected chi connectivity index (χ2v) is 2.33. The molecule has 66 valence electrons. The van der Waals surface area contributed by atoms with Gasteiger partial charge in [-0.1, -0.05) is 11.6 Å². The van der Waals surface area contributed by atoms with Crippen molar-refractivity contribution in [1.82, 2.24) is 9.97 Å². The van der Waals surface area contributed by atoms with Crippen LogP contribution in [0.4, 0.5) is 19.1 Å². The monoisotopic (exact) mass is 197 g/mol. The van der Waals surface area contributed by atoms with Crippen molar-refractivity contribution in [2.75, 3.05) is 5.73 Å². The van der Waals surface area contributed by atoms with E-state index in [1.165, 1.54) is 0 Å². The molecule has 0 bridgehead atoms. The molecule has 0 aliphatic carbocycles. The van der Waals surface area contributed by atoms with E-state index in [4.69, 9.17) is 17.3 Å². The van der Waals surface area contributed by atoms with Gasteiger partial charge in [-0.25, -0.2) is 9.97 Å². The minimum absolute atomic E-state index is 0.452. The van der Waals surface area contributed by atoms with Gasteiger partial charge in [0.25, 0.3) is 0 Å². The molecule has 1 aromatic heterocycles. The van der Waals surface area contributed by atoms with Gasteiger partial charge >= 0.3 is 6.18 Å². The summed E-state index contributed by atoms with van der Waals surface area (Å²) in [5.74, 6) is -0.452. The van der Waals surface area contributed by atoms with E-state index in [1.54, 1.807) is 0 Å². The Morgan fingerprint density at radius 2 is 2.00 bits per heavy atom. The van der Waals surface area contributed by atoms with Crippen LogP contribution in [0.1, 0.15) is 5.69 Å². The van der Waals surface area contributed by atoms with Crippen LogP contribution in [0.3, 0.4) is 0 Å². The van der Waals surface area contributed by atoms with Crippen molar-refractivity contribution in [2.45, 2.75) is 6.18 Å². The van der Waals surface area contributed by atoms with E-state index in [-0.39, 0.29) is 0 Å². The van der Waals surface area contributed by atoms with Gasteiger partial charge in [-0.05, 0) is 0 Å². The molecule has 0 amide bonds. The van der Waals surface area contributed by atoms with Crippen LogP contribution in [0.15, 0.2) is 6.20 Å². The van der Waals surface area contributed by atoms with Crippen molar-refractivity contribution in [1.29, 1.82) is 0 Å². The smallest absolute Gasteiger partial charge is 0.368 e. The van der Waals surface area contributed by atoms with Gasteiger partial charge in [-0.2, -0.15) is 13.2 Å². The predicted octanol–water partition coefficient (Wildman–Crippen LogP) is 1.73. The van der Waals surface area contributed by atoms with E-state index in [0.717, 1.165) is 6.20 Å². The average Bonchev–Trinajstić information content (AvgIpc) is 1.92. The third-order valence-electron chi connectivity index (χ3n) is 1.03. The first-order chi connectivity index (χ1) is 5.41. The molecule has 0 aliphatic rings. The Morgan fingerprint density at radius 3 is 2.42 bits per heavy atom. The number of halogens is 4. The predicted molar refractivity (Wildman–Crippen MR) is 36.5 cm³/mol. The quantitative estimate of drug-likeness (QED) is 0.689. The van der Waals surface area contributed by atoms with Gasteiger partial charge in [-0.3, -0.25) is 0 Å². The first-order valence-electron chi connectivity index (χ1n) is 2.76. The molecule has 1 heterocycles. The van der Waals surface area contributed by atoms with Gasteiger partial charge in [0.1, 0.15) is 0 Å². The van der Waals surface area contributed by atoms with Crippen LogP contribution < -0.4 is 5.73 Å². The number of rotatable bonds is 0. The van der Waals surface area contributed by atoms with Crippen molar-refractivity contribution in [3.63, 3.8) is 0 Å². The van der Waals surface area contributed by atoms with Gasteiger partial charge in [-0.15, -0.1) is 0 Å². The minimum Gasteiger partial charge on any atom is -0.368 e. The largest absolute Gasteiger partial charge is 0.435 e. The lowest BCUT2D eigenvalue weighted by Crippen LogP contribution is -2.11. The summed E-state index contributed by atoms with van der Waals surface area (Å²) in [6.45, 7) is 0. The first kappa shape index (κ1) is 9.05. The average molecular weight is 198 g/mol. The molecule has 0 atom stereocenters. The van der Waals surface area contributed by atoms with Crippen molar-refractivity contribution >= 4 is 17.5 Å². The van der Waals surface area contributed by atoms with Crippen molar-refractivity contribution in [3.8, 4) is 0 Å². The number of aromatic nitrogens is 2. The SMILES string of the molecule is Nc1ncc(Cl)c(C(F)(F)F)n1. The van der Waals surface area contributed by atoms with Gasteiger partial charge in [0.05, 0.1) is 11.2 Å². The van der Waals surface area contributed by atoms with Crippen LogP contribution in [0.25, 0.3) is 0 Å². The molecule has 0 saturated heterocycles. The van der Waals surface area contributed by atoms with Crippen LogP contribution in [0.2, 0.25) is 5.02 Å². The molecule has 0 fully saturated rings. The Balaban J connectivity index is 3.23. The van der Waals surface area contributed by atoms with E-state index in [1.807, 2.05) is 0 Å². The molecule has 2 N–H and O–H groups in total. The molecule has 7 heteroatoms. The first-order valence-corrected chi connectivity index (χ1v) is 3.14. The summed E-state index contributed by atoms with van der Waals surface area (Å²) in [6, 6.07) is 0. The molecule has 1 rings (SSSR count). The summed E-state index contributed by atoms with van der Waals surface area (Å²) in [5, 5.41) is -0.559. The molecular formula is C5H3ClF3N3. The highest BCUT2D eigenvalue weighted by Gasteiger charge is 2.35. The van der Waals surface area contributed by atoms with Crippen LogP contribution >= 0.6 is 11.6 Å². The fraction of sp³-hybridized carbons (Fsp3) is 0.200. The second kappa shape index (κ2) is 2.78. The molecule has 0 aromatic carbocycles. The van der Waals surface area contributed by atoms with Crippen molar-refractivity contribution in [2.24, 2.45) is 0 Å². The van der Waals surface area contributed by atoms with Crippen molar-refractivity contribution in [3.05, 3.63) is 16.9 Å². The summed E-state index contributed by atoms with van der Waals surface area (Å²) >= 11 is 5.18. The Hall–Kier alpha value is -1.04. The summed E-state index contributed by atoms with van der Waals surface area (Å²) in [6.07, 6.45) is -3.78. The van der Waals surface area contributed by atoms with Gasteiger partial charge in [0.15, 0.2) is 5.69 Å². The third kappa shape index (κ3) is 1.76. The second-order valence-electron chi connectivity index (χ2n) is 1.92. The Bertz CT molecular complexity index is 298. The van der Waals surface area contributed by atoms with E-state index in [0.29, 0.717) is 0 Å². The van der Waals surface area contributed by atoms with Crippen LogP contribution in [0, 0.1) is 0 Å². The maximum atomic E-state index is 12.0. The van der Waals surface area contributed by atoms with E-state index >= 15 is 0 Å². The number of nitrogens with two attached hydrogens (primary N) is 1. The van der Waals surface area contributed by atoms with Crippen LogP contribution in [-0.4, -0.2) is 9.97 Å². The Morgan fingerprint density at radius 1 is 1.42 bits per heavy atom. The summed E-state index contributed by atoms with van der Waals surface area (Å²) < 4.78 is 36.0. The zero-order chi connectivity index (χ0) is 9.35. The van der Waals surface area contributed by atoms with Crippen LogP contribution in [-0.2, 0) is 6.18 Å². The summed E-state index contributed by atoms with van der Waals surface area (Å²) in [4.78, 5) is 6.24. The number of nitrogen functional groups attached to an aromatic ring is 1. The topological polar surface area (TPSA) is 51.8 Å². The van der Waals surface area contributed by atoms with Gasteiger partial charge in [0, 0.05) is 0 Å². The highest BCUT2D eigenvalue weighted by molar-refractivity contribution is 6.31.